The van der Waals surface area contributed by atoms with E-state index < -0.39 is 0 Å². The standard InChI is InChI=1S/C21H27N3O3/c1-3-4-5-13-22-20(25)18-10-7-11-19(24-18)21(26)23-14-12-16-8-6-9-17(15-16)27-2/h6-11,15H,3-5,12-14H2,1-2H3,(H,22,25)(H,23,26). The molecule has 0 fully saturated rings. The van der Waals surface area contributed by atoms with Gasteiger partial charge >= 0.3 is 0 Å². The van der Waals surface area contributed by atoms with Crippen LogP contribution in [0.1, 0.15) is 52.7 Å². The van der Waals surface area contributed by atoms with E-state index in [1.54, 1.807) is 25.3 Å². The molecule has 0 aliphatic rings. The highest BCUT2D eigenvalue weighted by molar-refractivity contribution is 5.96. The van der Waals surface area contributed by atoms with Gasteiger partial charge in [-0.3, -0.25) is 9.59 Å². The van der Waals surface area contributed by atoms with Gasteiger partial charge in [0, 0.05) is 13.1 Å². The number of carbonyl (C=O) groups is 2. The van der Waals surface area contributed by atoms with Crippen molar-refractivity contribution in [3.05, 3.63) is 59.4 Å². The first kappa shape index (κ1) is 20.4. The predicted molar refractivity (Wildman–Crippen MR) is 105 cm³/mol. The Morgan fingerprint density at radius 1 is 0.963 bits per heavy atom. The normalized spacial score (nSPS) is 10.3. The Hall–Kier alpha value is -2.89. The minimum absolute atomic E-state index is 0.238. The van der Waals surface area contributed by atoms with Crippen molar-refractivity contribution in [3.63, 3.8) is 0 Å². The Morgan fingerprint density at radius 2 is 1.63 bits per heavy atom. The number of methoxy groups -OCH3 is 1. The first-order chi connectivity index (χ1) is 13.1. The molecule has 27 heavy (non-hydrogen) atoms. The van der Waals surface area contributed by atoms with E-state index in [4.69, 9.17) is 4.74 Å². The molecule has 0 atom stereocenters. The molecule has 144 valence electrons. The minimum Gasteiger partial charge on any atom is -0.497 e. The van der Waals surface area contributed by atoms with Crippen molar-refractivity contribution in [2.45, 2.75) is 32.6 Å². The third kappa shape index (κ3) is 6.73. The van der Waals surface area contributed by atoms with Gasteiger partial charge in [0.2, 0.25) is 0 Å². The van der Waals surface area contributed by atoms with Crippen molar-refractivity contribution in [2.75, 3.05) is 20.2 Å². The fourth-order valence-electron chi connectivity index (χ4n) is 2.59. The monoisotopic (exact) mass is 369 g/mol. The van der Waals surface area contributed by atoms with Crippen molar-refractivity contribution >= 4 is 11.8 Å². The number of benzene rings is 1. The number of amides is 2. The number of hydrogen-bond acceptors (Lipinski definition) is 4. The Kier molecular flexibility index (Phi) is 8.29. The lowest BCUT2D eigenvalue weighted by Crippen LogP contribution is -2.29. The molecule has 6 heteroatoms. The highest BCUT2D eigenvalue weighted by Crippen LogP contribution is 2.12. The van der Waals surface area contributed by atoms with Gasteiger partial charge in [-0.2, -0.15) is 0 Å². The zero-order chi connectivity index (χ0) is 19.5. The number of carbonyl (C=O) groups excluding carboxylic acids is 2. The van der Waals surface area contributed by atoms with Gasteiger partial charge in [-0.1, -0.05) is 38.0 Å². The van der Waals surface area contributed by atoms with Crippen LogP contribution in [0.2, 0.25) is 0 Å². The largest absolute Gasteiger partial charge is 0.497 e. The average molecular weight is 369 g/mol. The first-order valence-electron chi connectivity index (χ1n) is 9.30. The molecule has 1 aromatic carbocycles. The summed E-state index contributed by atoms with van der Waals surface area (Å²) in [5.41, 5.74) is 1.57. The van der Waals surface area contributed by atoms with Crippen LogP contribution in [0.4, 0.5) is 0 Å². The number of ether oxygens (including phenoxy) is 1. The number of aromatic nitrogens is 1. The van der Waals surface area contributed by atoms with Crippen molar-refractivity contribution < 1.29 is 14.3 Å². The average Bonchev–Trinajstić information content (AvgIpc) is 2.71. The Labute approximate surface area is 160 Å². The molecule has 0 aliphatic carbocycles. The van der Waals surface area contributed by atoms with Gasteiger partial charge in [0.25, 0.3) is 11.8 Å². The Balaban J connectivity index is 1.86. The van der Waals surface area contributed by atoms with E-state index in [9.17, 15) is 9.59 Å². The molecule has 1 heterocycles. The summed E-state index contributed by atoms with van der Waals surface area (Å²) < 4.78 is 5.19. The van der Waals surface area contributed by atoms with Crippen LogP contribution in [-0.2, 0) is 6.42 Å². The molecule has 2 N–H and O–H groups in total. The third-order valence-electron chi connectivity index (χ3n) is 4.11. The first-order valence-corrected chi connectivity index (χ1v) is 9.30. The van der Waals surface area contributed by atoms with Crippen molar-refractivity contribution in [3.8, 4) is 5.75 Å². The second-order valence-corrected chi connectivity index (χ2v) is 6.23. The number of nitrogens with one attached hydrogen (secondary N) is 2. The van der Waals surface area contributed by atoms with E-state index in [1.165, 1.54) is 0 Å². The van der Waals surface area contributed by atoms with Crippen LogP contribution < -0.4 is 15.4 Å². The van der Waals surface area contributed by atoms with Crippen LogP contribution in [-0.4, -0.2) is 37.0 Å². The van der Waals surface area contributed by atoms with Crippen LogP contribution >= 0.6 is 0 Å². The topological polar surface area (TPSA) is 80.3 Å². The molecule has 1 aromatic heterocycles. The molecule has 0 bridgehead atoms. The molecule has 0 spiro atoms. The van der Waals surface area contributed by atoms with Crippen molar-refractivity contribution in [1.82, 2.24) is 15.6 Å². The fourth-order valence-corrected chi connectivity index (χ4v) is 2.59. The fraction of sp³-hybridized carbons (Fsp3) is 0.381. The van der Waals surface area contributed by atoms with Gasteiger partial charge in [0.05, 0.1) is 7.11 Å². The molecule has 0 unspecified atom stereocenters. The summed E-state index contributed by atoms with van der Waals surface area (Å²) in [6.07, 6.45) is 3.79. The van der Waals surface area contributed by atoms with Gasteiger partial charge in [-0.05, 0) is 42.7 Å². The van der Waals surface area contributed by atoms with Gasteiger partial charge in [0.1, 0.15) is 17.1 Å². The maximum Gasteiger partial charge on any atom is 0.269 e. The maximum atomic E-state index is 12.3. The van der Waals surface area contributed by atoms with E-state index in [2.05, 4.69) is 22.5 Å². The summed E-state index contributed by atoms with van der Waals surface area (Å²) in [4.78, 5) is 28.6. The smallest absolute Gasteiger partial charge is 0.269 e. The van der Waals surface area contributed by atoms with E-state index >= 15 is 0 Å². The van der Waals surface area contributed by atoms with Gasteiger partial charge in [-0.15, -0.1) is 0 Å². The van der Waals surface area contributed by atoms with Crippen LogP contribution in [0.3, 0.4) is 0 Å². The van der Waals surface area contributed by atoms with Crippen LogP contribution in [0, 0.1) is 0 Å². The third-order valence-corrected chi connectivity index (χ3v) is 4.11. The molecule has 6 nitrogen and oxygen atoms in total. The SMILES string of the molecule is CCCCCNC(=O)c1cccc(C(=O)NCCc2cccc(OC)c2)n1. The Bertz CT molecular complexity index is 762. The van der Waals surface area contributed by atoms with Gasteiger partial charge < -0.3 is 15.4 Å². The lowest BCUT2D eigenvalue weighted by Gasteiger charge is -2.08. The Morgan fingerprint density at radius 3 is 2.30 bits per heavy atom. The minimum atomic E-state index is -0.293. The summed E-state index contributed by atoms with van der Waals surface area (Å²) in [5, 5.41) is 5.67. The van der Waals surface area contributed by atoms with E-state index in [0.29, 0.717) is 19.5 Å². The second kappa shape index (κ2) is 11.0. The lowest BCUT2D eigenvalue weighted by molar-refractivity contribution is 0.0944. The highest BCUT2D eigenvalue weighted by Gasteiger charge is 2.11. The van der Waals surface area contributed by atoms with Crippen LogP contribution in [0.25, 0.3) is 0 Å². The van der Waals surface area contributed by atoms with Crippen molar-refractivity contribution in [1.29, 1.82) is 0 Å². The molecule has 2 aromatic rings. The number of hydrogen-bond donors (Lipinski definition) is 2. The summed E-state index contributed by atoms with van der Waals surface area (Å²) in [5.74, 6) is 0.244. The maximum absolute atomic E-state index is 12.3. The molecule has 0 saturated heterocycles. The lowest BCUT2D eigenvalue weighted by atomic mass is 10.1. The zero-order valence-electron chi connectivity index (χ0n) is 16.0. The molecule has 2 amide bonds. The van der Waals surface area contributed by atoms with Crippen LogP contribution in [0.15, 0.2) is 42.5 Å². The molecular weight excluding hydrogens is 342 g/mol. The summed E-state index contributed by atoms with van der Waals surface area (Å²) >= 11 is 0. The van der Waals surface area contributed by atoms with Gasteiger partial charge in [0.15, 0.2) is 0 Å². The summed E-state index contributed by atoms with van der Waals surface area (Å²) in [6.45, 7) is 3.20. The van der Waals surface area contributed by atoms with E-state index in [0.717, 1.165) is 30.6 Å². The summed E-state index contributed by atoms with van der Waals surface area (Å²) in [7, 11) is 1.62. The number of rotatable bonds is 10. The van der Waals surface area contributed by atoms with Gasteiger partial charge in [-0.25, -0.2) is 4.98 Å². The van der Waals surface area contributed by atoms with E-state index in [1.807, 2.05) is 24.3 Å². The number of unbranched alkanes of at least 4 members (excludes halogenated alkanes) is 2. The molecule has 0 aliphatic heterocycles. The van der Waals surface area contributed by atoms with Crippen molar-refractivity contribution in [2.24, 2.45) is 0 Å². The molecule has 2 rings (SSSR count). The number of nitrogens with zero attached hydrogens (tertiary/aromatic N) is 1. The number of pyridine rings is 1. The summed E-state index contributed by atoms with van der Waals surface area (Å²) in [6, 6.07) is 12.6. The molecule has 0 radical (unpaired) electrons. The second-order valence-electron chi connectivity index (χ2n) is 6.23. The zero-order valence-corrected chi connectivity index (χ0v) is 16.0. The quantitative estimate of drug-likeness (QED) is 0.631. The van der Waals surface area contributed by atoms with Crippen LogP contribution in [0.5, 0.6) is 5.75 Å². The van der Waals surface area contributed by atoms with E-state index in [-0.39, 0.29) is 23.2 Å². The molecular formula is C21H27N3O3. The predicted octanol–water partition coefficient (Wildman–Crippen LogP) is 2.98. The molecule has 0 saturated carbocycles. The highest BCUT2D eigenvalue weighted by atomic mass is 16.5.